The third-order valence-electron chi connectivity index (χ3n) is 3.56. The number of rotatable bonds is 4. The summed E-state index contributed by atoms with van der Waals surface area (Å²) in [5.74, 6) is 1.13. The van der Waals surface area contributed by atoms with Crippen molar-refractivity contribution in [2.24, 2.45) is 4.99 Å². The highest BCUT2D eigenvalue weighted by Crippen LogP contribution is 2.18. The summed E-state index contributed by atoms with van der Waals surface area (Å²) in [5.41, 5.74) is 2.39. The number of hydrogen-bond acceptors (Lipinski definition) is 3. The van der Waals surface area contributed by atoms with Crippen LogP contribution < -0.4 is 5.32 Å². The molecular weight excluding hydrogens is 246 g/mol. The van der Waals surface area contributed by atoms with Crippen LogP contribution in [0.1, 0.15) is 30.1 Å². The van der Waals surface area contributed by atoms with Crippen LogP contribution in [0.2, 0.25) is 0 Å². The number of nitrogens with one attached hydrogen (secondary N) is 1. The maximum atomic E-state index is 4.53. The molecule has 0 saturated carbocycles. The third kappa shape index (κ3) is 3.23. The minimum absolute atomic E-state index is 0.239. The molecule has 3 nitrogen and oxygen atoms in total. The van der Waals surface area contributed by atoms with Gasteiger partial charge in [-0.1, -0.05) is 36.4 Å². The first kappa shape index (κ1) is 12.9. The molecular formula is C17H19N3. The summed E-state index contributed by atoms with van der Waals surface area (Å²) in [6.45, 7) is 0.952. The van der Waals surface area contributed by atoms with E-state index in [2.05, 4.69) is 51.7 Å². The summed E-state index contributed by atoms with van der Waals surface area (Å²) in [5, 5.41) is 3.59. The molecule has 0 aliphatic carbocycles. The predicted octanol–water partition coefficient (Wildman–Crippen LogP) is 3.15. The fraction of sp³-hybridized carbons (Fsp3) is 0.294. The number of aromatic nitrogens is 1. The van der Waals surface area contributed by atoms with E-state index in [1.165, 1.54) is 5.56 Å². The Balaban J connectivity index is 1.79. The fourth-order valence-corrected chi connectivity index (χ4v) is 2.52. The zero-order valence-electron chi connectivity index (χ0n) is 11.5. The second kappa shape index (κ2) is 6.33. The second-order valence-electron chi connectivity index (χ2n) is 5.06. The summed E-state index contributed by atoms with van der Waals surface area (Å²) >= 11 is 0. The van der Waals surface area contributed by atoms with Crippen molar-refractivity contribution in [2.75, 3.05) is 6.54 Å². The molecule has 1 N–H and O–H groups in total. The second-order valence-corrected chi connectivity index (χ2v) is 5.06. The molecule has 1 aromatic heterocycles. The highest BCUT2D eigenvalue weighted by molar-refractivity contribution is 5.83. The molecule has 2 heterocycles. The summed E-state index contributed by atoms with van der Waals surface area (Å²) < 4.78 is 0. The Morgan fingerprint density at radius 2 is 1.90 bits per heavy atom. The number of hydrogen-bond donors (Lipinski definition) is 1. The lowest BCUT2D eigenvalue weighted by Crippen LogP contribution is -2.28. The van der Waals surface area contributed by atoms with Crippen LogP contribution >= 0.6 is 0 Å². The molecule has 2 aromatic rings. The van der Waals surface area contributed by atoms with Crippen molar-refractivity contribution in [3.63, 3.8) is 0 Å². The van der Waals surface area contributed by atoms with Crippen LogP contribution in [0, 0.1) is 0 Å². The fourth-order valence-electron chi connectivity index (χ4n) is 2.52. The van der Waals surface area contributed by atoms with E-state index < -0.39 is 0 Å². The van der Waals surface area contributed by atoms with Gasteiger partial charge in [0.05, 0.1) is 11.9 Å². The Morgan fingerprint density at radius 1 is 1.05 bits per heavy atom. The lowest BCUT2D eigenvalue weighted by Gasteiger charge is -2.20. The zero-order chi connectivity index (χ0) is 13.6. The van der Waals surface area contributed by atoms with E-state index in [9.17, 15) is 0 Å². The number of nitrogens with zero attached hydrogens (tertiary/aromatic N) is 2. The van der Waals surface area contributed by atoms with E-state index in [0.717, 1.165) is 37.3 Å². The van der Waals surface area contributed by atoms with Crippen LogP contribution in [-0.4, -0.2) is 17.4 Å². The van der Waals surface area contributed by atoms with Gasteiger partial charge in [-0.3, -0.25) is 9.98 Å². The van der Waals surface area contributed by atoms with Gasteiger partial charge in [-0.2, -0.15) is 0 Å². The average molecular weight is 265 g/mol. The van der Waals surface area contributed by atoms with Gasteiger partial charge in [-0.05, 0) is 24.1 Å². The van der Waals surface area contributed by atoms with E-state index in [-0.39, 0.29) is 6.04 Å². The van der Waals surface area contributed by atoms with E-state index >= 15 is 0 Å². The van der Waals surface area contributed by atoms with Crippen LogP contribution in [-0.2, 0) is 6.42 Å². The predicted molar refractivity (Wildman–Crippen MR) is 81.8 cm³/mol. The van der Waals surface area contributed by atoms with Crippen molar-refractivity contribution >= 4 is 5.84 Å². The maximum absolute atomic E-state index is 4.53. The molecule has 1 unspecified atom stereocenters. The Kier molecular flexibility index (Phi) is 4.07. The molecule has 1 aliphatic heterocycles. The molecule has 0 bridgehead atoms. The average Bonchev–Trinajstić information content (AvgIpc) is 3.02. The van der Waals surface area contributed by atoms with E-state index in [1.54, 1.807) is 0 Å². The topological polar surface area (TPSA) is 37.3 Å². The van der Waals surface area contributed by atoms with Crippen molar-refractivity contribution < 1.29 is 0 Å². The highest BCUT2D eigenvalue weighted by Gasteiger charge is 2.16. The normalized spacial score (nSPS) is 15.7. The standard InChI is InChI=1S/C17H19N3/c1-2-7-14(8-3-1)16(20-17-10-6-12-19-17)13-15-9-4-5-11-18-15/h1-5,7-9,11,16H,6,10,12-13H2,(H,19,20). The van der Waals surface area contributed by atoms with Gasteiger partial charge in [0.25, 0.3) is 0 Å². The summed E-state index contributed by atoms with van der Waals surface area (Å²) in [6.07, 6.45) is 4.95. The first-order valence-electron chi connectivity index (χ1n) is 7.16. The molecule has 1 aliphatic rings. The molecule has 3 heteroatoms. The Hall–Kier alpha value is -2.16. The van der Waals surface area contributed by atoms with Gasteiger partial charge in [0, 0.05) is 31.3 Å². The monoisotopic (exact) mass is 265 g/mol. The van der Waals surface area contributed by atoms with Crippen molar-refractivity contribution in [3.05, 3.63) is 66.0 Å². The van der Waals surface area contributed by atoms with Crippen LogP contribution in [0.25, 0.3) is 0 Å². The Morgan fingerprint density at radius 3 is 2.60 bits per heavy atom. The van der Waals surface area contributed by atoms with Crippen LogP contribution in [0.5, 0.6) is 0 Å². The Bertz CT molecular complexity index is 563. The summed E-state index contributed by atoms with van der Waals surface area (Å²) in [7, 11) is 0. The molecule has 1 aromatic carbocycles. The quantitative estimate of drug-likeness (QED) is 0.922. The number of benzene rings is 1. The molecule has 20 heavy (non-hydrogen) atoms. The van der Waals surface area contributed by atoms with Gasteiger partial charge in [0.1, 0.15) is 0 Å². The van der Waals surface area contributed by atoms with Crippen molar-refractivity contribution in [1.29, 1.82) is 0 Å². The van der Waals surface area contributed by atoms with Gasteiger partial charge >= 0.3 is 0 Å². The summed E-state index contributed by atoms with van der Waals surface area (Å²) in [4.78, 5) is 8.97. The highest BCUT2D eigenvalue weighted by atomic mass is 15.0. The van der Waals surface area contributed by atoms with Crippen LogP contribution in [0.15, 0.2) is 59.7 Å². The largest absolute Gasteiger partial charge is 0.367 e. The van der Waals surface area contributed by atoms with Crippen LogP contribution in [0.4, 0.5) is 0 Å². The SMILES string of the molecule is c1ccc(C(Cc2ccccn2)NC2=NCCC2)cc1. The van der Waals surface area contributed by atoms with Gasteiger partial charge < -0.3 is 5.32 Å². The van der Waals surface area contributed by atoms with Gasteiger partial charge in [-0.15, -0.1) is 0 Å². The van der Waals surface area contributed by atoms with Gasteiger partial charge in [0.15, 0.2) is 0 Å². The first-order chi connectivity index (χ1) is 9.92. The molecule has 0 spiro atoms. The van der Waals surface area contributed by atoms with Gasteiger partial charge in [0.2, 0.25) is 0 Å². The summed E-state index contributed by atoms with van der Waals surface area (Å²) in [6, 6.07) is 16.8. The van der Waals surface area contributed by atoms with Crippen molar-refractivity contribution in [3.8, 4) is 0 Å². The smallest absolute Gasteiger partial charge is 0.0968 e. The molecule has 102 valence electrons. The molecule has 0 fully saturated rings. The molecule has 3 rings (SSSR count). The zero-order valence-corrected chi connectivity index (χ0v) is 11.5. The molecule has 0 radical (unpaired) electrons. The Labute approximate surface area is 119 Å². The van der Waals surface area contributed by atoms with Crippen molar-refractivity contribution in [2.45, 2.75) is 25.3 Å². The minimum Gasteiger partial charge on any atom is -0.367 e. The van der Waals surface area contributed by atoms with E-state index in [4.69, 9.17) is 0 Å². The minimum atomic E-state index is 0.239. The molecule has 0 saturated heterocycles. The van der Waals surface area contributed by atoms with E-state index in [0.29, 0.717) is 0 Å². The first-order valence-corrected chi connectivity index (χ1v) is 7.16. The number of pyridine rings is 1. The van der Waals surface area contributed by atoms with E-state index in [1.807, 2.05) is 18.3 Å². The maximum Gasteiger partial charge on any atom is 0.0968 e. The van der Waals surface area contributed by atoms with Crippen LogP contribution in [0.3, 0.4) is 0 Å². The van der Waals surface area contributed by atoms with Crippen molar-refractivity contribution in [1.82, 2.24) is 10.3 Å². The molecule has 0 amide bonds. The molecule has 1 atom stereocenters. The lowest BCUT2D eigenvalue weighted by atomic mass is 10.0. The third-order valence-corrected chi connectivity index (χ3v) is 3.56. The number of amidine groups is 1. The lowest BCUT2D eigenvalue weighted by molar-refractivity contribution is 0.629. The van der Waals surface area contributed by atoms with Gasteiger partial charge in [-0.25, -0.2) is 0 Å². The number of aliphatic imine (C=N–C) groups is 1.